The molecule has 0 N–H and O–H groups in total. The molecule has 1 unspecified atom stereocenters. The molecule has 2 aliphatic rings. The van der Waals surface area contributed by atoms with Crippen LogP contribution in [-0.4, -0.2) is 37.4 Å². The lowest BCUT2D eigenvalue weighted by atomic mass is 9.50. The Morgan fingerprint density at radius 2 is 2.00 bits per heavy atom. The first-order chi connectivity index (χ1) is 12.7. The van der Waals surface area contributed by atoms with Gasteiger partial charge in [0.25, 0.3) is 0 Å². The minimum absolute atomic E-state index is 0.192. The van der Waals surface area contributed by atoms with Gasteiger partial charge in [-0.15, -0.1) is 5.10 Å². The number of fused-ring (bicyclic) bond motifs is 3. The second-order valence-electron chi connectivity index (χ2n) is 8.66. The van der Waals surface area contributed by atoms with E-state index in [2.05, 4.69) is 30.9 Å². The summed E-state index contributed by atoms with van der Waals surface area (Å²) >= 11 is 0. The second kappa shape index (κ2) is 5.78. The smallest absolute Gasteiger partial charge is 0.199 e. The molecular weight excluding hydrogens is 342 g/mol. The van der Waals surface area contributed by atoms with Crippen LogP contribution in [0.5, 0.6) is 0 Å². The fraction of sp³-hybridized carbons (Fsp3) is 0.600. The van der Waals surface area contributed by atoms with Gasteiger partial charge in [-0.3, -0.25) is 14.2 Å². The van der Waals surface area contributed by atoms with Gasteiger partial charge in [-0.1, -0.05) is 20.8 Å². The summed E-state index contributed by atoms with van der Waals surface area (Å²) in [5.41, 5.74) is 3.35. The average Bonchev–Trinajstić information content (AvgIpc) is 3.16. The number of aryl methyl sites for hydroxylation is 2. The maximum absolute atomic E-state index is 13.0. The summed E-state index contributed by atoms with van der Waals surface area (Å²) in [5, 5.41) is 9.42. The minimum atomic E-state index is -0.448. The molecule has 1 saturated carbocycles. The predicted molar refractivity (Wildman–Crippen MR) is 101 cm³/mol. The number of rotatable bonds is 2. The lowest BCUT2D eigenvalue weighted by molar-refractivity contribution is -0.131. The zero-order valence-corrected chi connectivity index (χ0v) is 16.9. The summed E-state index contributed by atoms with van der Waals surface area (Å²) in [4.78, 5) is 17.5. The van der Waals surface area contributed by atoms with Crippen molar-refractivity contribution in [3.63, 3.8) is 0 Å². The molecule has 0 spiro atoms. The van der Waals surface area contributed by atoms with E-state index in [1.54, 1.807) is 24.4 Å². The lowest BCUT2D eigenvalue weighted by Crippen LogP contribution is -2.53. The fourth-order valence-electron chi connectivity index (χ4n) is 5.41. The first-order valence-electron chi connectivity index (χ1n) is 9.39. The number of nitrogens with zero attached hydrogens (tertiary/aromatic N) is 5. The van der Waals surface area contributed by atoms with E-state index in [0.717, 1.165) is 29.8 Å². The van der Waals surface area contributed by atoms with Gasteiger partial charge in [-0.2, -0.15) is 5.10 Å². The van der Waals surface area contributed by atoms with Crippen molar-refractivity contribution < 1.29 is 9.53 Å². The Balaban J connectivity index is 1.89. The van der Waals surface area contributed by atoms with Gasteiger partial charge in [-0.25, -0.2) is 4.98 Å². The van der Waals surface area contributed by atoms with Crippen molar-refractivity contribution >= 4 is 5.78 Å². The highest BCUT2D eigenvalue weighted by Gasteiger charge is 2.57. The number of hydrogen-bond donors (Lipinski definition) is 0. The fourth-order valence-corrected chi connectivity index (χ4v) is 5.41. The number of hydrogen-bond acceptors (Lipinski definition) is 5. The van der Waals surface area contributed by atoms with Gasteiger partial charge < -0.3 is 4.74 Å². The Morgan fingerprint density at radius 1 is 1.26 bits per heavy atom. The third-order valence-corrected chi connectivity index (χ3v) is 6.52. The minimum Gasteiger partial charge on any atom is -0.504 e. The molecule has 7 nitrogen and oxygen atoms in total. The molecule has 2 heterocycles. The van der Waals surface area contributed by atoms with E-state index in [9.17, 15) is 4.79 Å². The standard InChI is InChI=1S/C20H27N5O2/c1-19(2)14-8-7-13-15(18-21-11-24(4)23-18)25(5)22-16(13)20(14,3)9-12(10-27-6)17(19)26/h10-11,14H,7-9H2,1-6H3/b12-10-/t14-,20?/m0/s1. The Labute approximate surface area is 159 Å². The normalized spacial score (nSPS) is 28.1. The topological polar surface area (TPSA) is 74.8 Å². The zero-order valence-electron chi connectivity index (χ0n) is 16.9. The Morgan fingerprint density at radius 3 is 2.63 bits per heavy atom. The lowest BCUT2D eigenvalue weighted by Gasteiger charge is -2.52. The summed E-state index contributed by atoms with van der Waals surface area (Å²) in [5.74, 6) is 1.13. The van der Waals surface area contributed by atoms with Crippen LogP contribution in [0.3, 0.4) is 0 Å². The van der Waals surface area contributed by atoms with E-state index in [-0.39, 0.29) is 17.1 Å². The van der Waals surface area contributed by atoms with Crippen LogP contribution >= 0.6 is 0 Å². The number of carbonyl (C=O) groups is 1. The molecule has 2 aliphatic carbocycles. The summed E-state index contributed by atoms with van der Waals surface area (Å²) in [6.07, 6.45) is 5.81. The molecule has 0 bridgehead atoms. The number of methoxy groups -OCH3 is 1. The third kappa shape index (κ3) is 2.40. The SMILES string of the molecule is CO/C=C1/CC2(C)c3nn(C)c(-c4ncn(C)n4)c3CC[C@H]2C(C)(C)C1=O. The van der Waals surface area contributed by atoms with Crippen molar-refractivity contribution in [1.82, 2.24) is 24.5 Å². The molecule has 0 aromatic carbocycles. The van der Waals surface area contributed by atoms with Gasteiger partial charge in [0.05, 0.1) is 19.1 Å². The molecule has 0 radical (unpaired) electrons. The van der Waals surface area contributed by atoms with Crippen LogP contribution in [0.2, 0.25) is 0 Å². The van der Waals surface area contributed by atoms with Crippen molar-refractivity contribution in [2.75, 3.05) is 7.11 Å². The second-order valence-corrected chi connectivity index (χ2v) is 8.66. The molecule has 27 heavy (non-hydrogen) atoms. The largest absolute Gasteiger partial charge is 0.504 e. The monoisotopic (exact) mass is 369 g/mol. The number of ketones is 1. The highest BCUT2D eigenvalue weighted by atomic mass is 16.5. The van der Waals surface area contributed by atoms with Crippen molar-refractivity contribution in [3.05, 3.63) is 29.4 Å². The van der Waals surface area contributed by atoms with E-state index in [1.165, 1.54) is 5.56 Å². The molecule has 2 aromatic rings. The van der Waals surface area contributed by atoms with E-state index in [4.69, 9.17) is 9.84 Å². The maximum atomic E-state index is 13.0. The van der Waals surface area contributed by atoms with Gasteiger partial charge in [0.2, 0.25) is 0 Å². The maximum Gasteiger partial charge on any atom is 0.199 e. The van der Waals surface area contributed by atoms with Crippen molar-refractivity contribution in [2.24, 2.45) is 25.4 Å². The van der Waals surface area contributed by atoms with Crippen molar-refractivity contribution in [3.8, 4) is 11.5 Å². The number of Topliss-reactive ketones (excluding diaryl/α,β-unsaturated/α-hetero) is 1. The van der Waals surface area contributed by atoms with Crippen molar-refractivity contribution in [1.29, 1.82) is 0 Å². The van der Waals surface area contributed by atoms with Crippen LogP contribution in [0, 0.1) is 11.3 Å². The molecule has 2 aromatic heterocycles. The van der Waals surface area contributed by atoms with Gasteiger partial charge in [0.1, 0.15) is 12.0 Å². The van der Waals surface area contributed by atoms with Gasteiger partial charge >= 0.3 is 0 Å². The highest BCUT2D eigenvalue weighted by Crippen LogP contribution is 2.57. The highest BCUT2D eigenvalue weighted by molar-refractivity contribution is 6.01. The summed E-state index contributed by atoms with van der Waals surface area (Å²) in [6, 6.07) is 0. The molecule has 0 amide bonds. The number of aromatic nitrogens is 5. The molecule has 7 heteroatoms. The van der Waals surface area contributed by atoms with Gasteiger partial charge in [-0.05, 0) is 25.2 Å². The quantitative estimate of drug-likeness (QED) is 0.601. The van der Waals surface area contributed by atoms with Crippen LogP contribution in [0.15, 0.2) is 18.2 Å². The number of ether oxygens (including phenoxy) is 1. The summed E-state index contributed by atoms with van der Waals surface area (Å²) in [6.45, 7) is 6.38. The molecule has 2 atom stereocenters. The number of carbonyl (C=O) groups excluding carboxylic acids is 1. The van der Waals surface area contributed by atoms with E-state index < -0.39 is 5.41 Å². The summed E-state index contributed by atoms with van der Waals surface area (Å²) < 4.78 is 8.84. The van der Waals surface area contributed by atoms with Crippen LogP contribution in [-0.2, 0) is 35.5 Å². The van der Waals surface area contributed by atoms with Crippen molar-refractivity contribution in [2.45, 2.75) is 45.4 Å². The first kappa shape index (κ1) is 17.9. The molecule has 0 saturated heterocycles. The van der Waals surface area contributed by atoms with Gasteiger partial charge in [0, 0.05) is 36.1 Å². The van der Waals surface area contributed by atoms with Crippen LogP contribution in [0.4, 0.5) is 0 Å². The van der Waals surface area contributed by atoms with E-state index >= 15 is 0 Å². The third-order valence-electron chi connectivity index (χ3n) is 6.52. The average molecular weight is 369 g/mol. The molecular formula is C20H27N5O2. The first-order valence-corrected chi connectivity index (χ1v) is 9.39. The van der Waals surface area contributed by atoms with Crippen LogP contribution < -0.4 is 0 Å². The van der Waals surface area contributed by atoms with Crippen LogP contribution in [0.1, 0.15) is 44.9 Å². The Bertz CT molecular complexity index is 952. The number of allylic oxidation sites excluding steroid dienone is 1. The predicted octanol–water partition coefficient (Wildman–Crippen LogP) is 2.57. The van der Waals surface area contributed by atoms with E-state index in [1.807, 2.05) is 18.8 Å². The van der Waals surface area contributed by atoms with Gasteiger partial charge in [0.15, 0.2) is 11.6 Å². The molecule has 144 valence electrons. The van der Waals surface area contributed by atoms with Crippen LogP contribution in [0.25, 0.3) is 11.5 Å². The zero-order chi connectivity index (χ0) is 19.6. The molecule has 0 aliphatic heterocycles. The molecule has 4 rings (SSSR count). The van der Waals surface area contributed by atoms with E-state index in [0.29, 0.717) is 12.2 Å². The Hall–Kier alpha value is -2.44. The Kier molecular flexibility index (Phi) is 3.84. The summed E-state index contributed by atoms with van der Waals surface area (Å²) in [7, 11) is 5.42. The molecule has 1 fully saturated rings.